The number of aliphatic hydroxyl groups is 1. The van der Waals surface area contributed by atoms with Crippen LogP contribution in [0.3, 0.4) is 0 Å². The number of hydrogen-bond donors (Lipinski definition) is 1. The second-order valence-electron chi connectivity index (χ2n) is 12.5. The van der Waals surface area contributed by atoms with Crippen molar-refractivity contribution in [2.75, 3.05) is 7.11 Å². The summed E-state index contributed by atoms with van der Waals surface area (Å²) in [5, 5.41) is 12.8. The number of methoxy groups -OCH3 is 1. The quantitative estimate of drug-likeness (QED) is 0.648. The van der Waals surface area contributed by atoms with Gasteiger partial charge in [0.15, 0.2) is 0 Å². The van der Waals surface area contributed by atoms with Gasteiger partial charge in [-0.15, -0.1) is 0 Å². The molecular weight excluding hydrogens is 452 g/mol. The van der Waals surface area contributed by atoms with Crippen molar-refractivity contribution in [2.45, 2.75) is 83.2 Å². The Morgan fingerprint density at radius 2 is 1.97 bits per heavy atom. The van der Waals surface area contributed by atoms with Crippen LogP contribution in [-0.4, -0.2) is 47.2 Å². The van der Waals surface area contributed by atoms with Crippen LogP contribution >= 0.6 is 0 Å². The molecule has 9 atom stereocenters. The maximum absolute atomic E-state index is 14.0. The van der Waals surface area contributed by atoms with Crippen LogP contribution in [0.5, 0.6) is 0 Å². The number of cyclic esters (lactones) is 1. The summed E-state index contributed by atoms with van der Waals surface area (Å²) in [5.74, 6) is -1.76. The summed E-state index contributed by atoms with van der Waals surface area (Å²) in [4.78, 5) is 39.6. The van der Waals surface area contributed by atoms with Crippen LogP contribution in [0.15, 0.2) is 23.0 Å². The van der Waals surface area contributed by atoms with Gasteiger partial charge in [-0.3, -0.25) is 14.4 Å². The molecule has 6 rings (SSSR count). The molecule has 0 unspecified atom stereocenters. The fourth-order valence-corrected chi connectivity index (χ4v) is 9.38. The molecule has 0 amide bonds. The minimum atomic E-state index is -1.55. The number of ether oxygens (including phenoxy) is 3. The molecule has 3 aliphatic carbocycles. The van der Waals surface area contributed by atoms with E-state index in [2.05, 4.69) is 13.8 Å². The third-order valence-electron chi connectivity index (χ3n) is 11.0. The molecule has 5 aliphatic rings. The number of esters is 2. The minimum absolute atomic E-state index is 0.111. The van der Waals surface area contributed by atoms with Gasteiger partial charge in [0, 0.05) is 34.7 Å². The van der Waals surface area contributed by atoms with Crippen LogP contribution in [0.4, 0.5) is 0 Å². The predicted molar refractivity (Wildman–Crippen MR) is 121 cm³/mol. The van der Waals surface area contributed by atoms with Crippen molar-refractivity contribution in [1.82, 2.24) is 0 Å². The lowest BCUT2D eigenvalue weighted by molar-refractivity contribution is -0.316. The van der Waals surface area contributed by atoms with Gasteiger partial charge in [-0.25, -0.2) is 0 Å². The Balaban J connectivity index is 1.54. The van der Waals surface area contributed by atoms with Crippen LogP contribution < -0.4 is 0 Å². The molecule has 3 heterocycles. The standard InChI is InChI=1S/C27H34O8/c1-23(2)17(10-18(28)32-5)25(4)16-6-8-24(3)21(14-7-9-33-13-14)34-19(29)12-27(24,31)26(16)11-15(20(25)30)22(23)35-26/h7,9,13,15-17,21-22,31H,6,8,10-12H2,1-5H3/t15-,16-,17-,21-,22-,24+,25-,26+,27+/m0/s1. The van der Waals surface area contributed by atoms with Gasteiger partial charge in [-0.2, -0.15) is 0 Å². The predicted octanol–water partition coefficient (Wildman–Crippen LogP) is 3.37. The maximum Gasteiger partial charge on any atom is 0.309 e. The van der Waals surface area contributed by atoms with E-state index < -0.39 is 51.5 Å². The molecule has 8 heteroatoms. The minimum Gasteiger partial charge on any atom is -0.472 e. The van der Waals surface area contributed by atoms with Gasteiger partial charge >= 0.3 is 11.9 Å². The second-order valence-corrected chi connectivity index (χ2v) is 12.5. The largest absolute Gasteiger partial charge is 0.472 e. The molecule has 3 bridgehead atoms. The van der Waals surface area contributed by atoms with Gasteiger partial charge in [-0.1, -0.05) is 27.7 Å². The zero-order valence-electron chi connectivity index (χ0n) is 21.0. The van der Waals surface area contributed by atoms with E-state index >= 15 is 0 Å². The molecule has 1 aromatic rings. The van der Waals surface area contributed by atoms with E-state index in [1.807, 2.05) is 13.8 Å². The Bertz CT molecular complexity index is 1110. The average molecular weight is 487 g/mol. The summed E-state index contributed by atoms with van der Waals surface area (Å²) in [5.41, 5.74) is -4.18. The molecule has 1 aromatic heterocycles. The molecule has 1 N–H and O–H groups in total. The van der Waals surface area contributed by atoms with Gasteiger partial charge in [0.1, 0.15) is 23.1 Å². The van der Waals surface area contributed by atoms with Crippen LogP contribution in [0, 0.1) is 34.0 Å². The lowest BCUT2D eigenvalue weighted by Gasteiger charge is -2.67. The molecule has 3 saturated carbocycles. The topological polar surface area (TPSA) is 112 Å². The fraction of sp³-hybridized carbons (Fsp3) is 0.741. The first-order valence-electron chi connectivity index (χ1n) is 12.6. The van der Waals surface area contributed by atoms with Crippen LogP contribution in [0.2, 0.25) is 0 Å². The van der Waals surface area contributed by atoms with E-state index in [-0.39, 0.29) is 36.4 Å². The maximum atomic E-state index is 14.0. The molecule has 2 saturated heterocycles. The Labute approximate surface area is 204 Å². The number of carbonyl (C=O) groups excluding carboxylic acids is 3. The molecule has 1 spiro atoms. The van der Waals surface area contributed by atoms with Gasteiger partial charge < -0.3 is 23.7 Å². The highest BCUT2D eigenvalue weighted by atomic mass is 16.6. The smallest absolute Gasteiger partial charge is 0.309 e. The number of fused-ring (bicyclic) bond motifs is 3. The van der Waals surface area contributed by atoms with E-state index in [0.29, 0.717) is 24.8 Å². The van der Waals surface area contributed by atoms with Crippen molar-refractivity contribution in [3.63, 3.8) is 0 Å². The van der Waals surface area contributed by atoms with E-state index in [0.717, 1.165) is 0 Å². The third-order valence-corrected chi connectivity index (χ3v) is 11.0. The van der Waals surface area contributed by atoms with Crippen molar-refractivity contribution in [2.24, 2.45) is 34.0 Å². The number of rotatable bonds is 3. The molecular formula is C27H34O8. The van der Waals surface area contributed by atoms with Crippen LogP contribution in [0.1, 0.15) is 71.5 Å². The van der Waals surface area contributed by atoms with Crippen molar-refractivity contribution in [3.8, 4) is 0 Å². The van der Waals surface area contributed by atoms with Crippen molar-refractivity contribution in [1.29, 1.82) is 0 Å². The zero-order valence-corrected chi connectivity index (χ0v) is 21.0. The van der Waals surface area contributed by atoms with Gasteiger partial charge in [-0.05, 0) is 36.7 Å². The summed E-state index contributed by atoms with van der Waals surface area (Å²) in [6, 6.07) is 1.77. The van der Waals surface area contributed by atoms with Crippen molar-refractivity contribution < 1.29 is 38.1 Å². The zero-order chi connectivity index (χ0) is 25.2. The van der Waals surface area contributed by atoms with Crippen molar-refractivity contribution in [3.05, 3.63) is 24.2 Å². The Morgan fingerprint density at radius 1 is 1.23 bits per heavy atom. The lowest BCUT2D eigenvalue weighted by Crippen LogP contribution is -2.76. The average Bonchev–Trinajstić information content (AvgIpc) is 3.44. The van der Waals surface area contributed by atoms with E-state index in [4.69, 9.17) is 18.6 Å². The Hall–Kier alpha value is -2.19. The Morgan fingerprint density at radius 3 is 2.63 bits per heavy atom. The van der Waals surface area contributed by atoms with Gasteiger partial charge in [0.25, 0.3) is 0 Å². The second kappa shape index (κ2) is 6.76. The highest BCUT2D eigenvalue weighted by Crippen LogP contribution is 2.77. The van der Waals surface area contributed by atoms with Crippen LogP contribution in [0.25, 0.3) is 0 Å². The van der Waals surface area contributed by atoms with E-state index in [1.54, 1.807) is 12.3 Å². The van der Waals surface area contributed by atoms with E-state index in [9.17, 15) is 19.5 Å². The first-order valence-corrected chi connectivity index (χ1v) is 12.6. The highest BCUT2D eigenvalue weighted by molar-refractivity contribution is 5.92. The van der Waals surface area contributed by atoms with E-state index in [1.165, 1.54) is 13.4 Å². The summed E-state index contributed by atoms with van der Waals surface area (Å²) >= 11 is 0. The molecule has 0 aromatic carbocycles. The fourth-order valence-electron chi connectivity index (χ4n) is 9.38. The Kier molecular flexibility index (Phi) is 4.49. The summed E-state index contributed by atoms with van der Waals surface area (Å²) in [6.07, 6.45) is 3.39. The highest BCUT2D eigenvalue weighted by Gasteiger charge is 2.84. The monoisotopic (exact) mass is 486 g/mol. The first-order chi connectivity index (χ1) is 16.4. The summed E-state index contributed by atoms with van der Waals surface area (Å²) in [7, 11) is 1.36. The summed E-state index contributed by atoms with van der Waals surface area (Å²) in [6.45, 7) is 8.05. The van der Waals surface area contributed by atoms with Gasteiger partial charge in [0.2, 0.25) is 0 Å². The molecule has 5 fully saturated rings. The number of Topliss-reactive ketones (excluding diaryl/α,β-unsaturated/α-hetero) is 1. The molecule has 0 radical (unpaired) electrons. The first kappa shape index (κ1) is 23.2. The lowest BCUT2D eigenvalue weighted by atomic mass is 9.37. The van der Waals surface area contributed by atoms with Crippen molar-refractivity contribution >= 4 is 17.7 Å². The number of furan rings is 1. The number of carbonyl (C=O) groups is 3. The SMILES string of the molecule is COC(=O)C[C@H]1C(C)(C)[C@H]2O[C@]34C[C@H]2C(=O)[C@@]1(C)[C@@H]3CC[C@]1(C)[C@H](c2ccoc2)OC(=O)C[C@@]14O. The van der Waals surface area contributed by atoms with Gasteiger partial charge in [0.05, 0.1) is 32.2 Å². The van der Waals surface area contributed by atoms with Crippen LogP contribution in [-0.2, 0) is 28.6 Å². The molecule has 2 aliphatic heterocycles. The number of ketones is 1. The molecule has 190 valence electrons. The molecule has 35 heavy (non-hydrogen) atoms. The number of hydrogen-bond acceptors (Lipinski definition) is 8. The third kappa shape index (κ3) is 2.43. The normalized spacial score (nSPS) is 49.3. The summed E-state index contributed by atoms with van der Waals surface area (Å²) < 4.78 is 23.1. The molecule has 8 nitrogen and oxygen atoms in total.